The third-order valence-electron chi connectivity index (χ3n) is 10.5. The fraction of sp³-hybridized carbons (Fsp3) is 0.0909. The molecule has 0 saturated carbocycles. The maximum absolute atomic E-state index is 7.28. The summed E-state index contributed by atoms with van der Waals surface area (Å²) in [5, 5.41) is 0.988. The average Bonchev–Trinajstić information content (AvgIpc) is 3.90. The molecule has 3 heterocycles. The number of aryl methyl sites for hydroxylation is 5. The average molecular weight is 960 g/mol. The summed E-state index contributed by atoms with van der Waals surface area (Å²) in [7, 11) is 0. The van der Waals surface area contributed by atoms with Crippen molar-refractivity contribution in [3.63, 3.8) is 0 Å². The van der Waals surface area contributed by atoms with Crippen molar-refractivity contribution in [1.29, 1.82) is 0 Å². The predicted octanol–water partition coefficient (Wildman–Crippen LogP) is 14.3. The summed E-state index contributed by atoms with van der Waals surface area (Å²) in [5.74, 6) is 0.796. The fourth-order valence-corrected chi connectivity index (χ4v) is 7.98. The van der Waals surface area contributed by atoms with E-state index in [0.29, 0.717) is 11.3 Å². The third-order valence-corrected chi connectivity index (χ3v) is 10.5. The Balaban J connectivity index is 0.000000238. The molecule has 0 aliphatic rings. The van der Waals surface area contributed by atoms with Gasteiger partial charge in [0.05, 0.1) is 22.5 Å². The second kappa shape index (κ2) is 17.3. The van der Waals surface area contributed by atoms with Crippen LogP contribution in [0, 0.1) is 46.8 Å². The van der Waals surface area contributed by atoms with Crippen molar-refractivity contribution in [2.24, 2.45) is 0 Å². The number of imidazole rings is 1. The number of furan rings is 1. The van der Waals surface area contributed by atoms with Crippen molar-refractivity contribution in [1.82, 2.24) is 14.5 Å². The summed E-state index contributed by atoms with van der Waals surface area (Å²) in [5.41, 5.74) is 16.9. The van der Waals surface area contributed by atoms with Gasteiger partial charge < -0.3 is 14.0 Å². The number of aromatic nitrogens is 3. The van der Waals surface area contributed by atoms with Gasteiger partial charge in [-0.25, -0.2) is 0 Å². The minimum Gasteiger partial charge on any atom is -0.557 e. The van der Waals surface area contributed by atoms with Gasteiger partial charge in [0.25, 0.3) is 0 Å². The van der Waals surface area contributed by atoms with E-state index >= 15 is 0 Å². The van der Waals surface area contributed by atoms with Gasteiger partial charge in [-0.2, -0.15) is 0 Å². The van der Waals surface area contributed by atoms with Crippen LogP contribution in [0.4, 0.5) is 0 Å². The molecule has 0 amide bonds. The van der Waals surface area contributed by atoms with Gasteiger partial charge in [0, 0.05) is 57.5 Å². The summed E-state index contributed by atoms with van der Waals surface area (Å²) in [6.07, 6.45) is 4.58. The van der Waals surface area contributed by atoms with Gasteiger partial charge in [-0.1, -0.05) is 157 Å². The Bertz CT molecular complexity index is 3170. The van der Waals surface area contributed by atoms with E-state index in [4.69, 9.17) is 17.6 Å². The Kier molecular flexibility index (Phi) is 9.57. The molecule has 3 aromatic heterocycles. The van der Waals surface area contributed by atoms with Crippen molar-refractivity contribution >= 4 is 22.0 Å². The van der Waals surface area contributed by atoms with Crippen LogP contribution >= 0.6 is 0 Å². The number of benzene rings is 7. The molecule has 10 aromatic rings. The number of rotatable bonds is 6. The van der Waals surface area contributed by atoms with Crippen LogP contribution in [0.25, 0.3) is 83.7 Å². The third kappa shape index (κ3) is 7.90. The Morgan fingerprint density at radius 3 is 1.92 bits per heavy atom. The van der Waals surface area contributed by atoms with Gasteiger partial charge in [0.15, 0.2) is 0 Å². The van der Waals surface area contributed by atoms with E-state index < -0.39 is 13.7 Å². The van der Waals surface area contributed by atoms with Crippen LogP contribution < -0.4 is 0 Å². The number of fused-ring (bicyclic) bond motifs is 2. The summed E-state index contributed by atoms with van der Waals surface area (Å²) >= 11 is 0. The zero-order chi connectivity index (χ0) is 45.5. The molecule has 4 nitrogen and oxygen atoms in total. The van der Waals surface area contributed by atoms with E-state index in [-0.39, 0.29) is 31.2 Å². The summed E-state index contributed by atoms with van der Waals surface area (Å²) < 4.78 is 52.1. The van der Waals surface area contributed by atoms with Crippen LogP contribution in [-0.2, 0) is 20.1 Å². The minimum absolute atomic E-state index is 0. The van der Waals surface area contributed by atoms with E-state index in [1.165, 1.54) is 46.6 Å². The van der Waals surface area contributed by atoms with E-state index in [9.17, 15) is 0 Å². The smallest absolute Gasteiger partial charge is 0.0774 e. The first-order valence-electron chi connectivity index (χ1n) is 22.5. The molecular formula is C55H43IrN3O-2. The van der Waals surface area contributed by atoms with Crippen LogP contribution in [0.1, 0.15) is 36.0 Å². The molecule has 0 atom stereocenters. The number of para-hydroxylation sites is 3. The van der Waals surface area contributed by atoms with E-state index in [0.717, 1.165) is 66.9 Å². The topological polar surface area (TPSA) is 43.9 Å². The molecule has 10 rings (SSSR count). The van der Waals surface area contributed by atoms with Gasteiger partial charge in [-0.15, -0.1) is 35.4 Å². The van der Waals surface area contributed by atoms with Crippen LogP contribution in [0.3, 0.4) is 0 Å². The number of hydrogen-bond acceptors (Lipinski definition) is 3. The molecule has 0 N–H and O–H groups in total. The monoisotopic (exact) mass is 960 g/mol. The number of hydrogen-bond donors (Lipinski definition) is 0. The van der Waals surface area contributed by atoms with Crippen molar-refractivity contribution in [2.45, 2.75) is 34.5 Å². The first kappa shape index (κ1) is 33.2. The van der Waals surface area contributed by atoms with Gasteiger partial charge >= 0.3 is 0 Å². The standard InChI is InChI=1S/C42H31N2O.C13H12N.Ir/c1-27-23-28(2)40(29(3)24-27)32-21-22-39-35(25-32)36(26-45-39)42-43-37-19-10-11-20-38(37)44(42)41-33(30-13-6-4-7-14-30)17-12-18-34(41)31-15-8-5-9-16-31;1-10-3-6-12(7-4-10)13-8-5-11(2)9-14-13;/h4-25H,1-3H3;3-6,8-9H,1-2H3;/q2*-1;/i;1D3,2D3;. The molecule has 1 radical (unpaired) electrons. The van der Waals surface area contributed by atoms with Crippen LogP contribution in [0.5, 0.6) is 0 Å². The molecule has 60 heavy (non-hydrogen) atoms. The summed E-state index contributed by atoms with van der Waals surface area (Å²) in [6, 6.07) is 57.5. The van der Waals surface area contributed by atoms with Gasteiger partial charge in [-0.05, 0) is 84.4 Å². The molecule has 7 aromatic carbocycles. The Morgan fingerprint density at radius 1 is 0.617 bits per heavy atom. The first-order chi connectivity index (χ1) is 31.2. The molecule has 295 valence electrons. The molecule has 0 unspecified atom stereocenters. The molecular weight excluding hydrogens is 911 g/mol. The molecule has 0 fully saturated rings. The number of nitrogens with zero attached hydrogens (tertiary/aromatic N) is 3. The Morgan fingerprint density at radius 2 is 1.28 bits per heavy atom. The molecule has 0 bridgehead atoms. The second-order valence-electron chi connectivity index (χ2n) is 14.7. The maximum atomic E-state index is 7.28. The largest absolute Gasteiger partial charge is 0.557 e. The SMILES string of the molecule is Cc1cc(C)c(-c2ccc3o[c-]c(-c4nc5ccccc5n4-c4c(-c5ccccc5)cccc4-c4ccccc4)c3c2)c(C)c1.[2H]C([2H])([2H])c1c[c-]c(-c2ccc(C([2H])([2H])[2H])cn2)cc1.[Ir]. The molecule has 5 heteroatoms. The van der Waals surface area contributed by atoms with Gasteiger partial charge in [0.2, 0.25) is 0 Å². The molecule has 0 saturated heterocycles. The predicted molar refractivity (Wildman–Crippen MR) is 244 cm³/mol. The number of pyridine rings is 1. The zero-order valence-corrected chi connectivity index (χ0v) is 35.6. The van der Waals surface area contributed by atoms with Crippen LogP contribution in [0.15, 0.2) is 174 Å². The van der Waals surface area contributed by atoms with Gasteiger partial charge in [0.1, 0.15) is 0 Å². The molecule has 0 spiro atoms. The van der Waals surface area contributed by atoms with Crippen molar-refractivity contribution in [3.05, 3.63) is 210 Å². The Labute approximate surface area is 374 Å². The van der Waals surface area contributed by atoms with Crippen LogP contribution in [-0.4, -0.2) is 14.5 Å². The molecule has 0 aliphatic heterocycles. The van der Waals surface area contributed by atoms with Crippen molar-refractivity contribution < 1.29 is 32.7 Å². The fourth-order valence-electron chi connectivity index (χ4n) is 7.98. The minimum atomic E-state index is -2.18. The molecule has 0 aliphatic carbocycles. The quantitative estimate of drug-likeness (QED) is 0.156. The normalized spacial score (nSPS) is 12.8. The van der Waals surface area contributed by atoms with Crippen molar-refractivity contribution in [3.8, 4) is 61.7 Å². The second-order valence-corrected chi connectivity index (χ2v) is 14.7. The first-order valence-corrected chi connectivity index (χ1v) is 19.5. The van der Waals surface area contributed by atoms with Crippen molar-refractivity contribution in [2.75, 3.05) is 0 Å². The van der Waals surface area contributed by atoms with E-state index in [1.807, 2.05) is 6.07 Å². The van der Waals surface area contributed by atoms with Crippen LogP contribution in [0.2, 0.25) is 0 Å². The van der Waals surface area contributed by atoms with Gasteiger partial charge in [-0.3, -0.25) is 4.98 Å². The summed E-state index contributed by atoms with van der Waals surface area (Å²) in [4.78, 5) is 9.35. The summed E-state index contributed by atoms with van der Waals surface area (Å²) in [6.45, 7) is 2.19. The van der Waals surface area contributed by atoms with E-state index in [2.05, 4.69) is 170 Å². The Hall–Kier alpha value is -6.65. The van der Waals surface area contributed by atoms with E-state index in [1.54, 1.807) is 12.1 Å². The maximum Gasteiger partial charge on any atom is 0.0774 e. The zero-order valence-electron chi connectivity index (χ0n) is 39.2.